The summed E-state index contributed by atoms with van der Waals surface area (Å²) in [5, 5.41) is 3.18. The van der Waals surface area contributed by atoms with Crippen LogP contribution in [0, 0.1) is 0 Å². The number of aromatic nitrogens is 1. The molecule has 1 aromatic heterocycles. The van der Waals surface area contributed by atoms with Gasteiger partial charge in [0.25, 0.3) is 0 Å². The number of pyridine rings is 1. The molecule has 4 nitrogen and oxygen atoms in total. The number of nitrogens with one attached hydrogen (secondary N) is 1. The maximum absolute atomic E-state index is 11.6. The van der Waals surface area contributed by atoms with Crippen LogP contribution in [0.5, 0.6) is 0 Å². The third-order valence-electron chi connectivity index (χ3n) is 3.44. The molecular formula is C14H21N3O. The van der Waals surface area contributed by atoms with Gasteiger partial charge in [-0.15, -0.1) is 0 Å². The Bertz CT molecular complexity index is 402. The van der Waals surface area contributed by atoms with E-state index in [1.807, 2.05) is 24.1 Å². The first-order valence-electron chi connectivity index (χ1n) is 6.69. The summed E-state index contributed by atoms with van der Waals surface area (Å²) in [6.45, 7) is 5.44. The van der Waals surface area contributed by atoms with E-state index < -0.39 is 0 Å². The Morgan fingerprint density at radius 1 is 1.50 bits per heavy atom. The highest BCUT2D eigenvalue weighted by molar-refractivity contribution is 5.74. The largest absolute Gasteiger partial charge is 0.370 e. The summed E-state index contributed by atoms with van der Waals surface area (Å²) in [5.41, 5.74) is 1.14. The number of hydrogen-bond donors (Lipinski definition) is 1. The zero-order valence-electron chi connectivity index (χ0n) is 11.1. The Labute approximate surface area is 108 Å². The number of nitrogens with zero attached hydrogens (tertiary/aromatic N) is 2. The molecule has 1 N–H and O–H groups in total. The molecule has 18 heavy (non-hydrogen) atoms. The third-order valence-corrected chi connectivity index (χ3v) is 3.44. The number of carbonyl (C=O) groups is 1. The lowest BCUT2D eigenvalue weighted by molar-refractivity contribution is -0.132. The Kier molecular flexibility index (Phi) is 4.18. The van der Waals surface area contributed by atoms with Crippen molar-refractivity contribution >= 4 is 11.7 Å². The summed E-state index contributed by atoms with van der Waals surface area (Å²) in [4.78, 5) is 18.0. The second-order valence-electron chi connectivity index (χ2n) is 4.73. The number of carbonyl (C=O) groups excluding carboxylic acids is 1. The molecule has 0 saturated carbocycles. The molecule has 2 heterocycles. The molecule has 1 atom stereocenters. The maximum atomic E-state index is 11.6. The first-order valence-corrected chi connectivity index (χ1v) is 6.69. The molecule has 0 aromatic carbocycles. The summed E-state index contributed by atoms with van der Waals surface area (Å²) in [6.07, 6.45) is 5.23. The second kappa shape index (κ2) is 5.85. The van der Waals surface area contributed by atoms with E-state index in [-0.39, 0.29) is 11.9 Å². The van der Waals surface area contributed by atoms with Gasteiger partial charge < -0.3 is 10.2 Å². The first kappa shape index (κ1) is 12.9. The Balaban J connectivity index is 2.15. The van der Waals surface area contributed by atoms with Crippen molar-refractivity contribution in [2.24, 2.45) is 0 Å². The van der Waals surface area contributed by atoms with Crippen LogP contribution in [0.25, 0.3) is 0 Å². The predicted octanol–water partition coefficient (Wildman–Crippen LogP) is 2.59. The van der Waals surface area contributed by atoms with Gasteiger partial charge in [-0.05, 0) is 37.8 Å². The molecule has 1 fully saturated rings. The van der Waals surface area contributed by atoms with Gasteiger partial charge in [-0.3, -0.25) is 4.79 Å². The van der Waals surface area contributed by atoms with Gasteiger partial charge in [-0.1, -0.05) is 6.07 Å². The zero-order chi connectivity index (χ0) is 13.0. The molecule has 0 radical (unpaired) electrons. The van der Waals surface area contributed by atoms with E-state index in [1.165, 1.54) is 6.42 Å². The minimum atomic E-state index is 0.162. The number of piperidine rings is 1. The van der Waals surface area contributed by atoms with E-state index in [4.69, 9.17) is 0 Å². The molecule has 1 aliphatic rings. The summed E-state index contributed by atoms with van der Waals surface area (Å²) < 4.78 is 0. The van der Waals surface area contributed by atoms with Gasteiger partial charge in [0.2, 0.25) is 5.91 Å². The van der Waals surface area contributed by atoms with Crippen LogP contribution < -0.4 is 5.32 Å². The molecule has 0 bridgehead atoms. The Morgan fingerprint density at radius 2 is 2.33 bits per heavy atom. The minimum absolute atomic E-state index is 0.162. The highest BCUT2D eigenvalue weighted by atomic mass is 16.2. The number of rotatable bonds is 3. The second-order valence-corrected chi connectivity index (χ2v) is 4.73. The van der Waals surface area contributed by atoms with Crippen molar-refractivity contribution in [3.8, 4) is 0 Å². The van der Waals surface area contributed by atoms with Crippen molar-refractivity contribution in [3.05, 3.63) is 23.9 Å². The average Bonchev–Trinajstić information content (AvgIpc) is 2.40. The van der Waals surface area contributed by atoms with E-state index in [1.54, 1.807) is 6.92 Å². The maximum Gasteiger partial charge on any atom is 0.219 e. The fourth-order valence-corrected chi connectivity index (χ4v) is 2.54. The molecule has 1 aromatic rings. The van der Waals surface area contributed by atoms with Crippen LogP contribution >= 0.6 is 0 Å². The lowest BCUT2D eigenvalue weighted by Gasteiger charge is -2.35. The number of hydrogen-bond acceptors (Lipinski definition) is 3. The van der Waals surface area contributed by atoms with E-state index in [0.717, 1.165) is 37.3 Å². The number of anilines is 1. The first-order chi connectivity index (χ1) is 8.72. The highest BCUT2D eigenvalue weighted by Crippen LogP contribution is 2.30. The molecule has 98 valence electrons. The molecule has 1 saturated heterocycles. The SMILES string of the molecule is CCNc1ccc(C2CCCCN2C(C)=O)cn1. The van der Waals surface area contributed by atoms with Crippen molar-refractivity contribution in [2.45, 2.75) is 39.2 Å². The lowest BCUT2D eigenvalue weighted by Crippen LogP contribution is -2.36. The third kappa shape index (κ3) is 2.81. The topological polar surface area (TPSA) is 45.2 Å². The van der Waals surface area contributed by atoms with Crippen molar-refractivity contribution in [3.63, 3.8) is 0 Å². The summed E-state index contributed by atoms with van der Waals surface area (Å²) >= 11 is 0. The zero-order valence-corrected chi connectivity index (χ0v) is 11.1. The van der Waals surface area contributed by atoms with Crippen LogP contribution in [0.2, 0.25) is 0 Å². The van der Waals surface area contributed by atoms with Crippen LogP contribution in [0.3, 0.4) is 0 Å². The predicted molar refractivity (Wildman–Crippen MR) is 72.4 cm³/mol. The highest BCUT2D eigenvalue weighted by Gasteiger charge is 2.25. The van der Waals surface area contributed by atoms with Gasteiger partial charge in [-0.2, -0.15) is 0 Å². The molecule has 4 heteroatoms. The Hall–Kier alpha value is -1.58. The quantitative estimate of drug-likeness (QED) is 0.893. The molecule has 0 spiro atoms. The van der Waals surface area contributed by atoms with Crippen LogP contribution in [0.15, 0.2) is 18.3 Å². The van der Waals surface area contributed by atoms with Crippen molar-refractivity contribution in [2.75, 3.05) is 18.4 Å². The lowest BCUT2D eigenvalue weighted by atomic mass is 9.96. The van der Waals surface area contributed by atoms with E-state index in [9.17, 15) is 4.79 Å². The monoisotopic (exact) mass is 247 g/mol. The van der Waals surface area contributed by atoms with Gasteiger partial charge in [0.05, 0.1) is 6.04 Å². The number of amides is 1. The van der Waals surface area contributed by atoms with Gasteiger partial charge >= 0.3 is 0 Å². The van der Waals surface area contributed by atoms with Crippen LogP contribution in [-0.2, 0) is 4.79 Å². The minimum Gasteiger partial charge on any atom is -0.370 e. The van der Waals surface area contributed by atoms with Crippen molar-refractivity contribution in [1.29, 1.82) is 0 Å². The van der Waals surface area contributed by atoms with E-state index in [2.05, 4.69) is 16.4 Å². The van der Waals surface area contributed by atoms with E-state index >= 15 is 0 Å². The van der Waals surface area contributed by atoms with Gasteiger partial charge in [0.1, 0.15) is 5.82 Å². The molecule has 1 unspecified atom stereocenters. The van der Waals surface area contributed by atoms with Gasteiger partial charge in [-0.25, -0.2) is 4.98 Å². The van der Waals surface area contributed by atoms with Gasteiger partial charge in [0, 0.05) is 26.2 Å². The van der Waals surface area contributed by atoms with Crippen LogP contribution in [0.4, 0.5) is 5.82 Å². The molecule has 1 aliphatic heterocycles. The molecule has 2 rings (SSSR count). The fourth-order valence-electron chi connectivity index (χ4n) is 2.54. The molecule has 1 amide bonds. The summed E-state index contributed by atoms with van der Waals surface area (Å²) in [7, 11) is 0. The van der Waals surface area contributed by atoms with Crippen molar-refractivity contribution in [1.82, 2.24) is 9.88 Å². The fraction of sp³-hybridized carbons (Fsp3) is 0.571. The average molecular weight is 247 g/mol. The molecular weight excluding hydrogens is 226 g/mol. The van der Waals surface area contributed by atoms with E-state index in [0.29, 0.717) is 0 Å². The summed E-state index contributed by atoms with van der Waals surface area (Å²) in [6, 6.07) is 4.28. The Morgan fingerprint density at radius 3 is 2.94 bits per heavy atom. The normalized spacial score (nSPS) is 19.7. The molecule has 0 aliphatic carbocycles. The number of likely N-dealkylation sites (tertiary alicyclic amines) is 1. The van der Waals surface area contributed by atoms with Gasteiger partial charge in [0.15, 0.2) is 0 Å². The summed E-state index contributed by atoms with van der Waals surface area (Å²) in [5.74, 6) is 1.06. The standard InChI is InChI=1S/C14H21N3O/c1-3-15-14-8-7-12(10-16-14)13-6-4-5-9-17(13)11(2)18/h7-8,10,13H,3-6,9H2,1-2H3,(H,15,16). The van der Waals surface area contributed by atoms with Crippen molar-refractivity contribution < 1.29 is 4.79 Å². The van der Waals surface area contributed by atoms with Crippen LogP contribution in [0.1, 0.15) is 44.7 Å². The van der Waals surface area contributed by atoms with Crippen LogP contribution in [-0.4, -0.2) is 28.9 Å². The smallest absolute Gasteiger partial charge is 0.219 e.